The number of ether oxygens (including phenoxy) is 1. The number of nitrogens with one attached hydrogen (secondary N) is 1. The summed E-state index contributed by atoms with van der Waals surface area (Å²) in [4.78, 5) is 15.1. The first-order chi connectivity index (χ1) is 6.63. The van der Waals surface area contributed by atoms with Crippen LogP contribution in [0, 0.1) is 0 Å². The Kier molecular flexibility index (Phi) is 3.99. The number of rotatable bonds is 4. The molecule has 1 aromatic rings. The van der Waals surface area contributed by atoms with Crippen LogP contribution in [0.25, 0.3) is 0 Å². The van der Waals surface area contributed by atoms with Gasteiger partial charge in [-0.2, -0.15) is 0 Å². The lowest BCUT2D eigenvalue weighted by molar-refractivity contribution is -0.119. The Bertz CT molecular complexity index is 311. The van der Waals surface area contributed by atoms with Crippen molar-refractivity contribution in [1.82, 2.24) is 4.98 Å². The topological polar surface area (TPSA) is 71.5 Å². The van der Waals surface area contributed by atoms with Gasteiger partial charge in [0.25, 0.3) is 5.91 Å². The Balaban J connectivity index is 2.55. The van der Waals surface area contributed by atoms with Gasteiger partial charge in [0.2, 0.25) is 0 Å². The van der Waals surface area contributed by atoms with Crippen molar-refractivity contribution >= 4 is 22.4 Å². The summed E-state index contributed by atoms with van der Waals surface area (Å²) in [5.41, 5.74) is 0.558. The fourth-order valence-electron chi connectivity index (χ4n) is 0.822. The van der Waals surface area contributed by atoms with E-state index >= 15 is 0 Å². The lowest BCUT2D eigenvalue weighted by Gasteiger charge is -1.99. The number of amides is 1. The largest absolute Gasteiger partial charge is 0.387 e. The molecule has 5 nitrogen and oxygen atoms in total. The van der Waals surface area contributed by atoms with Crippen molar-refractivity contribution in [2.24, 2.45) is 0 Å². The van der Waals surface area contributed by atoms with Gasteiger partial charge in [0.05, 0.1) is 11.8 Å². The van der Waals surface area contributed by atoms with Crippen LogP contribution in [-0.4, -0.2) is 29.7 Å². The summed E-state index contributed by atoms with van der Waals surface area (Å²) in [5.74, 6) is -0.251. The van der Waals surface area contributed by atoms with Crippen LogP contribution in [0.3, 0.4) is 0 Å². The average Bonchev–Trinajstić information content (AvgIpc) is 2.53. The van der Waals surface area contributed by atoms with Crippen LogP contribution in [-0.2, 0) is 9.53 Å². The maximum atomic E-state index is 11.1. The summed E-state index contributed by atoms with van der Waals surface area (Å²) in [7, 11) is 1.45. The van der Waals surface area contributed by atoms with Crippen LogP contribution >= 0.6 is 11.3 Å². The normalized spacial score (nSPS) is 12.5. The molecule has 0 aliphatic carbocycles. The van der Waals surface area contributed by atoms with Crippen LogP contribution in [0.4, 0.5) is 5.13 Å². The first-order valence-corrected chi connectivity index (χ1v) is 4.93. The first-order valence-electron chi connectivity index (χ1n) is 4.05. The number of nitrogens with zero attached hydrogens (tertiary/aromatic N) is 1. The van der Waals surface area contributed by atoms with E-state index in [1.807, 2.05) is 0 Å². The minimum Gasteiger partial charge on any atom is -0.387 e. The Morgan fingerprint density at radius 1 is 1.86 bits per heavy atom. The number of carbonyl (C=O) groups excluding carboxylic acids is 1. The third-order valence-corrected chi connectivity index (χ3v) is 2.25. The molecule has 0 radical (unpaired) electrons. The highest BCUT2D eigenvalue weighted by atomic mass is 32.1. The van der Waals surface area contributed by atoms with E-state index in [9.17, 15) is 9.90 Å². The SMILES string of the molecule is COCC(=O)Nc1nc(C(C)O)cs1. The number of hydrogen-bond donors (Lipinski definition) is 2. The molecule has 0 aliphatic heterocycles. The predicted molar refractivity (Wildman–Crippen MR) is 53.3 cm³/mol. The van der Waals surface area contributed by atoms with Crippen LogP contribution in [0.15, 0.2) is 5.38 Å². The molecule has 1 atom stereocenters. The second-order valence-electron chi connectivity index (χ2n) is 2.73. The summed E-state index contributed by atoms with van der Waals surface area (Å²) >= 11 is 1.27. The zero-order valence-corrected chi connectivity index (χ0v) is 8.80. The molecule has 0 bridgehead atoms. The fraction of sp³-hybridized carbons (Fsp3) is 0.500. The molecule has 6 heteroatoms. The van der Waals surface area contributed by atoms with Gasteiger partial charge in [-0.1, -0.05) is 0 Å². The molecular weight excluding hydrogens is 204 g/mol. The van der Waals surface area contributed by atoms with E-state index in [1.165, 1.54) is 18.4 Å². The molecule has 0 saturated carbocycles. The molecule has 0 fully saturated rings. The number of anilines is 1. The van der Waals surface area contributed by atoms with Gasteiger partial charge in [0, 0.05) is 12.5 Å². The van der Waals surface area contributed by atoms with Crippen molar-refractivity contribution in [1.29, 1.82) is 0 Å². The highest BCUT2D eigenvalue weighted by molar-refractivity contribution is 7.13. The van der Waals surface area contributed by atoms with Crippen molar-refractivity contribution in [2.75, 3.05) is 19.0 Å². The number of methoxy groups -OCH3 is 1. The Hall–Kier alpha value is -0.980. The van der Waals surface area contributed by atoms with E-state index in [-0.39, 0.29) is 12.5 Å². The summed E-state index contributed by atoms with van der Waals surface area (Å²) in [6.07, 6.45) is -0.612. The highest BCUT2D eigenvalue weighted by Gasteiger charge is 2.08. The van der Waals surface area contributed by atoms with Gasteiger partial charge >= 0.3 is 0 Å². The second-order valence-corrected chi connectivity index (χ2v) is 3.59. The van der Waals surface area contributed by atoms with Gasteiger partial charge in [0.1, 0.15) is 6.61 Å². The average molecular weight is 216 g/mol. The predicted octanol–water partition coefficient (Wildman–Crippen LogP) is 0.781. The van der Waals surface area contributed by atoms with Crippen molar-refractivity contribution in [3.8, 4) is 0 Å². The van der Waals surface area contributed by atoms with E-state index in [4.69, 9.17) is 0 Å². The van der Waals surface area contributed by atoms with E-state index < -0.39 is 6.10 Å². The molecule has 1 aromatic heterocycles. The number of aromatic nitrogens is 1. The maximum absolute atomic E-state index is 11.1. The molecule has 1 amide bonds. The van der Waals surface area contributed by atoms with Gasteiger partial charge in [-0.15, -0.1) is 11.3 Å². The van der Waals surface area contributed by atoms with Crippen LogP contribution in [0.5, 0.6) is 0 Å². The molecule has 0 spiro atoms. The number of carbonyl (C=O) groups is 1. The molecule has 1 unspecified atom stereocenters. The molecule has 1 rings (SSSR count). The minimum absolute atomic E-state index is 0.00356. The third-order valence-electron chi connectivity index (χ3n) is 1.47. The first kappa shape index (κ1) is 11.1. The Morgan fingerprint density at radius 3 is 3.07 bits per heavy atom. The van der Waals surface area contributed by atoms with E-state index in [0.29, 0.717) is 10.8 Å². The molecule has 0 saturated heterocycles. The highest BCUT2D eigenvalue weighted by Crippen LogP contribution is 2.19. The van der Waals surface area contributed by atoms with Gasteiger partial charge in [-0.25, -0.2) is 4.98 Å². The van der Waals surface area contributed by atoms with Crippen LogP contribution in [0.2, 0.25) is 0 Å². The molecule has 1 heterocycles. The van der Waals surface area contributed by atoms with Gasteiger partial charge < -0.3 is 9.84 Å². The number of hydrogen-bond acceptors (Lipinski definition) is 5. The number of aliphatic hydroxyl groups excluding tert-OH is 1. The molecule has 0 aromatic carbocycles. The van der Waals surface area contributed by atoms with Gasteiger partial charge in [-0.3, -0.25) is 10.1 Å². The molecule has 2 N–H and O–H groups in total. The molecule has 14 heavy (non-hydrogen) atoms. The van der Waals surface area contributed by atoms with Crippen molar-refractivity contribution in [3.05, 3.63) is 11.1 Å². The Labute approximate surface area is 85.7 Å². The lowest BCUT2D eigenvalue weighted by atomic mass is 10.3. The van der Waals surface area contributed by atoms with Crippen molar-refractivity contribution in [2.45, 2.75) is 13.0 Å². The summed E-state index contributed by atoms with van der Waals surface area (Å²) in [5, 5.41) is 13.9. The second kappa shape index (κ2) is 5.04. The standard InChI is InChI=1S/C8H12N2O3S/c1-5(11)6-4-14-8(9-6)10-7(12)3-13-2/h4-5,11H,3H2,1-2H3,(H,9,10,12). The van der Waals surface area contributed by atoms with E-state index in [2.05, 4.69) is 15.0 Å². The van der Waals surface area contributed by atoms with Crippen molar-refractivity contribution in [3.63, 3.8) is 0 Å². The van der Waals surface area contributed by atoms with E-state index in [0.717, 1.165) is 0 Å². The number of aliphatic hydroxyl groups is 1. The molecule has 0 aliphatic rings. The number of thiazole rings is 1. The Morgan fingerprint density at radius 2 is 2.57 bits per heavy atom. The molecular formula is C8H12N2O3S. The summed E-state index contributed by atoms with van der Waals surface area (Å²) in [6.45, 7) is 1.62. The van der Waals surface area contributed by atoms with Gasteiger partial charge in [0.15, 0.2) is 5.13 Å². The zero-order chi connectivity index (χ0) is 10.6. The van der Waals surface area contributed by atoms with Gasteiger partial charge in [-0.05, 0) is 6.92 Å². The van der Waals surface area contributed by atoms with Crippen LogP contribution < -0.4 is 5.32 Å². The monoisotopic (exact) mass is 216 g/mol. The lowest BCUT2D eigenvalue weighted by Crippen LogP contribution is -2.16. The minimum atomic E-state index is -0.612. The molecule has 78 valence electrons. The quantitative estimate of drug-likeness (QED) is 0.780. The summed E-state index contributed by atoms with van der Waals surface area (Å²) in [6, 6.07) is 0. The zero-order valence-electron chi connectivity index (χ0n) is 7.98. The van der Waals surface area contributed by atoms with E-state index in [1.54, 1.807) is 12.3 Å². The van der Waals surface area contributed by atoms with Crippen LogP contribution in [0.1, 0.15) is 18.7 Å². The summed E-state index contributed by atoms with van der Waals surface area (Å²) < 4.78 is 4.65. The fourth-order valence-corrected chi connectivity index (χ4v) is 1.63. The third kappa shape index (κ3) is 3.06. The maximum Gasteiger partial charge on any atom is 0.252 e. The smallest absolute Gasteiger partial charge is 0.252 e. The van der Waals surface area contributed by atoms with Crippen molar-refractivity contribution < 1.29 is 14.6 Å².